The number of amides is 1. The number of anilines is 3. The van der Waals surface area contributed by atoms with Gasteiger partial charge in [0, 0.05) is 30.9 Å². The lowest BCUT2D eigenvalue weighted by molar-refractivity contribution is -0.137. The Bertz CT molecular complexity index is 1100. The zero-order valence-corrected chi connectivity index (χ0v) is 19.5. The number of rotatable bonds is 5. The molecule has 3 heterocycles. The van der Waals surface area contributed by atoms with Gasteiger partial charge in [0.25, 0.3) is 0 Å². The zero-order chi connectivity index (χ0) is 24.2. The van der Waals surface area contributed by atoms with Gasteiger partial charge in [-0.3, -0.25) is 4.79 Å². The summed E-state index contributed by atoms with van der Waals surface area (Å²) < 4.78 is 41.1. The number of aromatic nitrogens is 2. The number of likely N-dealkylation sites (N-methyl/N-ethyl adjacent to an activating group) is 1. The molecule has 2 aliphatic heterocycles. The average Bonchev–Trinajstić information content (AvgIpc) is 3.47. The molecule has 0 spiro atoms. The van der Waals surface area contributed by atoms with Crippen LogP contribution in [0.4, 0.5) is 30.6 Å². The summed E-state index contributed by atoms with van der Waals surface area (Å²) >= 11 is 0. The van der Waals surface area contributed by atoms with Gasteiger partial charge < -0.3 is 20.4 Å². The van der Waals surface area contributed by atoms with Crippen molar-refractivity contribution in [2.75, 3.05) is 24.7 Å². The second-order valence-electron chi connectivity index (χ2n) is 9.67. The van der Waals surface area contributed by atoms with Gasteiger partial charge >= 0.3 is 6.18 Å². The normalized spacial score (nSPS) is 25.7. The van der Waals surface area contributed by atoms with E-state index >= 15 is 0 Å². The van der Waals surface area contributed by atoms with Crippen LogP contribution in [-0.4, -0.2) is 51.9 Å². The molecule has 3 aliphatic rings. The Morgan fingerprint density at radius 2 is 1.85 bits per heavy atom. The molecule has 2 aromatic rings. The Morgan fingerprint density at radius 3 is 2.53 bits per heavy atom. The molecule has 0 radical (unpaired) electrons. The third-order valence-electron chi connectivity index (χ3n) is 7.37. The molecule has 2 fully saturated rings. The molecular formula is C24H29F3N6O. The molecule has 2 bridgehead atoms. The highest BCUT2D eigenvalue weighted by Crippen LogP contribution is 2.53. The van der Waals surface area contributed by atoms with Crippen LogP contribution in [0.15, 0.2) is 24.4 Å². The van der Waals surface area contributed by atoms with Crippen molar-refractivity contribution in [3.05, 3.63) is 41.1 Å². The van der Waals surface area contributed by atoms with Crippen LogP contribution in [0, 0.1) is 0 Å². The van der Waals surface area contributed by atoms with Crippen molar-refractivity contribution < 1.29 is 18.0 Å². The fraction of sp³-hybridized carbons (Fsp3) is 0.542. The molecule has 5 rings (SSSR count). The first-order valence-electron chi connectivity index (χ1n) is 11.7. The van der Waals surface area contributed by atoms with E-state index in [0.717, 1.165) is 49.4 Å². The number of fused-ring (bicyclic) bond motifs is 5. The third-order valence-corrected chi connectivity index (χ3v) is 7.37. The summed E-state index contributed by atoms with van der Waals surface area (Å²) in [6.45, 7) is 1.59. The molecule has 4 atom stereocenters. The lowest BCUT2D eigenvalue weighted by Gasteiger charge is -2.28. The molecule has 1 aliphatic carbocycles. The van der Waals surface area contributed by atoms with E-state index in [9.17, 15) is 18.0 Å². The minimum atomic E-state index is -4.56. The van der Waals surface area contributed by atoms with Gasteiger partial charge in [0.15, 0.2) is 0 Å². The van der Waals surface area contributed by atoms with Gasteiger partial charge in [-0.1, -0.05) is 6.07 Å². The highest BCUT2D eigenvalue weighted by atomic mass is 19.4. The van der Waals surface area contributed by atoms with Crippen LogP contribution in [0.25, 0.3) is 0 Å². The summed E-state index contributed by atoms with van der Waals surface area (Å²) in [5.41, 5.74) is 2.04. The second-order valence-corrected chi connectivity index (χ2v) is 9.67. The van der Waals surface area contributed by atoms with Crippen molar-refractivity contribution in [1.29, 1.82) is 0 Å². The molecule has 1 aromatic carbocycles. The van der Waals surface area contributed by atoms with Crippen molar-refractivity contribution in [2.24, 2.45) is 0 Å². The average molecular weight is 475 g/mol. The van der Waals surface area contributed by atoms with Crippen molar-refractivity contribution in [3.63, 3.8) is 0 Å². The van der Waals surface area contributed by atoms with Gasteiger partial charge in [-0.15, -0.1) is 0 Å². The van der Waals surface area contributed by atoms with E-state index in [2.05, 4.69) is 20.6 Å². The molecule has 34 heavy (non-hydrogen) atoms. The quantitative estimate of drug-likeness (QED) is 0.644. The van der Waals surface area contributed by atoms with E-state index in [1.54, 1.807) is 6.92 Å². The van der Waals surface area contributed by atoms with E-state index in [-0.39, 0.29) is 41.8 Å². The maximum Gasteiger partial charge on any atom is 0.421 e. The van der Waals surface area contributed by atoms with Crippen molar-refractivity contribution in [3.8, 4) is 0 Å². The summed E-state index contributed by atoms with van der Waals surface area (Å²) in [6.07, 6.45) is 0.812. The maximum absolute atomic E-state index is 13.7. The molecule has 1 saturated carbocycles. The second kappa shape index (κ2) is 8.41. The molecule has 2 N–H and O–H groups in total. The topological polar surface area (TPSA) is 73.4 Å². The Hall–Kier alpha value is -2.88. The van der Waals surface area contributed by atoms with E-state index in [1.165, 1.54) is 0 Å². The summed E-state index contributed by atoms with van der Waals surface area (Å²) in [7, 11) is 3.88. The molecule has 10 heteroatoms. The Labute approximate surface area is 196 Å². The van der Waals surface area contributed by atoms with Crippen LogP contribution in [0.5, 0.6) is 0 Å². The number of carbonyl (C=O) groups is 1. The summed E-state index contributed by atoms with van der Waals surface area (Å²) in [4.78, 5) is 24.3. The highest BCUT2D eigenvalue weighted by molar-refractivity contribution is 5.77. The fourth-order valence-corrected chi connectivity index (χ4v) is 5.90. The predicted molar refractivity (Wildman–Crippen MR) is 123 cm³/mol. The Kier molecular flexibility index (Phi) is 5.66. The predicted octanol–water partition coefficient (Wildman–Crippen LogP) is 4.87. The Morgan fingerprint density at radius 1 is 1.12 bits per heavy atom. The minimum Gasteiger partial charge on any atom is -0.365 e. The van der Waals surface area contributed by atoms with Gasteiger partial charge in [-0.2, -0.15) is 18.2 Å². The number of carbonyl (C=O) groups excluding carboxylic acids is 1. The van der Waals surface area contributed by atoms with Gasteiger partial charge in [-0.25, -0.2) is 4.98 Å². The minimum absolute atomic E-state index is 0.0512. The standard InChI is InChI=1S/C24H29F3N6O/c1-13(34)33-19-9-10-20(33)16-11-14(7-8-15(16)19)29-23-28-12-17(24(25,26)27)22(31-23)30-18-5-4-6-21(18)32(2)3/h7-8,11-12,18-21H,4-6,9-10H2,1-3H3,(H2,28,29,30,31)/t18-,19-,20+,21-/m1/s1. The number of nitrogens with zero attached hydrogens (tertiary/aromatic N) is 4. The van der Waals surface area contributed by atoms with Crippen molar-refractivity contribution in [1.82, 2.24) is 19.8 Å². The SMILES string of the molecule is CC(=O)N1[C@@H]2CC[C@H]1c1cc(Nc3ncc(C(F)(F)F)c(N[C@@H]4CCC[C@H]4N(C)C)n3)ccc12. The van der Waals surface area contributed by atoms with Gasteiger partial charge in [0.2, 0.25) is 11.9 Å². The summed E-state index contributed by atoms with van der Waals surface area (Å²) in [5, 5.41) is 6.13. The van der Waals surface area contributed by atoms with Gasteiger partial charge in [0.1, 0.15) is 11.4 Å². The molecule has 7 nitrogen and oxygen atoms in total. The first-order valence-corrected chi connectivity index (χ1v) is 11.7. The lowest BCUT2D eigenvalue weighted by Crippen LogP contribution is -2.39. The molecule has 1 amide bonds. The van der Waals surface area contributed by atoms with Crippen molar-refractivity contribution >= 4 is 23.4 Å². The number of hydrogen-bond acceptors (Lipinski definition) is 6. The number of alkyl halides is 3. The monoisotopic (exact) mass is 474 g/mol. The van der Waals surface area contributed by atoms with Crippen LogP contribution in [0.2, 0.25) is 0 Å². The number of nitrogens with one attached hydrogen (secondary N) is 2. The van der Waals surface area contributed by atoms with Crippen LogP contribution in [0.3, 0.4) is 0 Å². The van der Waals surface area contributed by atoms with Gasteiger partial charge in [-0.05, 0) is 69.5 Å². The number of hydrogen-bond donors (Lipinski definition) is 2. The van der Waals surface area contributed by atoms with E-state index in [1.807, 2.05) is 42.1 Å². The number of benzene rings is 1. The smallest absolute Gasteiger partial charge is 0.365 e. The maximum atomic E-state index is 13.7. The van der Waals surface area contributed by atoms with Crippen LogP contribution < -0.4 is 10.6 Å². The Balaban J connectivity index is 1.41. The van der Waals surface area contributed by atoms with Crippen LogP contribution >= 0.6 is 0 Å². The van der Waals surface area contributed by atoms with E-state index in [0.29, 0.717) is 5.69 Å². The molecule has 1 aromatic heterocycles. The lowest BCUT2D eigenvalue weighted by atomic mass is 9.91. The largest absolute Gasteiger partial charge is 0.421 e. The summed E-state index contributed by atoms with van der Waals surface area (Å²) in [6, 6.07) is 6.00. The summed E-state index contributed by atoms with van der Waals surface area (Å²) in [5.74, 6) is -0.0453. The first-order chi connectivity index (χ1) is 16.1. The molecule has 1 saturated heterocycles. The first kappa shape index (κ1) is 22.9. The zero-order valence-electron chi connectivity index (χ0n) is 19.5. The van der Waals surface area contributed by atoms with E-state index in [4.69, 9.17) is 0 Å². The molecule has 0 unspecified atom stereocenters. The van der Waals surface area contributed by atoms with Crippen LogP contribution in [-0.2, 0) is 11.0 Å². The van der Waals surface area contributed by atoms with Crippen molar-refractivity contribution in [2.45, 2.75) is 69.4 Å². The molecular weight excluding hydrogens is 445 g/mol. The molecule has 182 valence electrons. The third kappa shape index (κ3) is 3.97. The highest BCUT2D eigenvalue weighted by Gasteiger charge is 2.45. The fourth-order valence-electron chi connectivity index (χ4n) is 5.90. The van der Waals surface area contributed by atoms with E-state index < -0.39 is 11.7 Å². The van der Waals surface area contributed by atoms with Gasteiger partial charge in [0.05, 0.1) is 12.1 Å². The van der Waals surface area contributed by atoms with Crippen LogP contribution in [0.1, 0.15) is 67.8 Å². The number of halogens is 3.